The van der Waals surface area contributed by atoms with Crippen molar-refractivity contribution in [3.63, 3.8) is 0 Å². The number of imide groups is 1. The number of methoxy groups -OCH3 is 1. The molecule has 2 saturated heterocycles. The Balaban J connectivity index is 1.74. The molecule has 2 fully saturated rings. The molecule has 2 aliphatic heterocycles. The van der Waals surface area contributed by atoms with Gasteiger partial charge in [0, 0.05) is 39.8 Å². The molecule has 12 heteroatoms. The molecule has 0 saturated carbocycles. The van der Waals surface area contributed by atoms with Crippen molar-refractivity contribution in [2.24, 2.45) is 0 Å². The largest absolute Gasteiger partial charge is 0.383 e. The fourth-order valence-corrected chi connectivity index (χ4v) is 5.35. The van der Waals surface area contributed by atoms with Gasteiger partial charge < -0.3 is 25.0 Å². The van der Waals surface area contributed by atoms with E-state index in [4.69, 9.17) is 9.47 Å². The van der Waals surface area contributed by atoms with Gasteiger partial charge in [-0.05, 0) is 31.0 Å². The van der Waals surface area contributed by atoms with Gasteiger partial charge in [0.05, 0.1) is 42.6 Å². The van der Waals surface area contributed by atoms with Crippen molar-refractivity contribution in [2.45, 2.75) is 24.2 Å². The Morgan fingerprint density at radius 1 is 1.09 bits per heavy atom. The van der Waals surface area contributed by atoms with Crippen molar-refractivity contribution in [3.05, 3.63) is 18.2 Å². The number of carbonyl (C=O) groups excluding carboxylic acids is 2. The van der Waals surface area contributed by atoms with Gasteiger partial charge in [0.1, 0.15) is 0 Å². The maximum absolute atomic E-state index is 13.2. The first-order valence-electron chi connectivity index (χ1n) is 11.2. The normalized spacial score (nSPS) is 17.4. The van der Waals surface area contributed by atoms with Crippen LogP contribution in [0.1, 0.15) is 19.3 Å². The van der Waals surface area contributed by atoms with Crippen LogP contribution in [-0.2, 0) is 24.3 Å². The Kier molecular flexibility index (Phi) is 9.30. The first-order valence-corrected chi connectivity index (χ1v) is 12.6. The Labute approximate surface area is 194 Å². The second kappa shape index (κ2) is 12.2. The molecule has 0 radical (unpaired) electrons. The lowest BCUT2D eigenvalue weighted by Gasteiger charge is -2.31. The molecular formula is C21H33N5O6S. The highest BCUT2D eigenvalue weighted by Gasteiger charge is 2.27. The summed E-state index contributed by atoms with van der Waals surface area (Å²) in [7, 11) is -2.11. The van der Waals surface area contributed by atoms with Crippen LogP contribution in [0, 0.1) is 0 Å². The number of morpholine rings is 1. The van der Waals surface area contributed by atoms with Crippen LogP contribution < -0.4 is 20.9 Å². The second-order valence-electron chi connectivity index (χ2n) is 7.89. The number of rotatable bonds is 9. The fourth-order valence-electron chi connectivity index (χ4n) is 3.81. The maximum atomic E-state index is 13.2. The number of sulfonamides is 1. The molecule has 0 unspecified atom stereocenters. The number of hydrogen-bond acceptors (Lipinski definition) is 8. The number of amides is 3. The van der Waals surface area contributed by atoms with Gasteiger partial charge in [-0.15, -0.1) is 0 Å². The van der Waals surface area contributed by atoms with Crippen LogP contribution in [0.2, 0.25) is 0 Å². The molecule has 0 aromatic heterocycles. The summed E-state index contributed by atoms with van der Waals surface area (Å²) in [6.45, 7) is 3.88. The van der Waals surface area contributed by atoms with E-state index in [0.29, 0.717) is 51.7 Å². The summed E-state index contributed by atoms with van der Waals surface area (Å²) < 4.78 is 38.1. The third-order valence-electron chi connectivity index (χ3n) is 5.56. The Morgan fingerprint density at radius 2 is 1.82 bits per heavy atom. The van der Waals surface area contributed by atoms with E-state index in [1.165, 1.54) is 11.4 Å². The van der Waals surface area contributed by atoms with Gasteiger partial charge in [0.15, 0.2) is 0 Å². The van der Waals surface area contributed by atoms with E-state index >= 15 is 0 Å². The highest BCUT2D eigenvalue weighted by atomic mass is 32.2. The molecule has 11 nitrogen and oxygen atoms in total. The van der Waals surface area contributed by atoms with Gasteiger partial charge in [-0.1, -0.05) is 6.42 Å². The highest BCUT2D eigenvalue weighted by Crippen LogP contribution is 2.31. The van der Waals surface area contributed by atoms with Crippen molar-refractivity contribution >= 4 is 33.3 Å². The zero-order valence-corrected chi connectivity index (χ0v) is 19.8. The van der Waals surface area contributed by atoms with E-state index in [9.17, 15) is 18.0 Å². The Hall–Kier alpha value is -2.41. The van der Waals surface area contributed by atoms with Crippen molar-refractivity contribution in [1.29, 1.82) is 0 Å². The first-order chi connectivity index (χ1) is 15.9. The quantitative estimate of drug-likeness (QED) is 0.435. The number of nitrogens with zero attached hydrogens (tertiary/aromatic N) is 2. The van der Waals surface area contributed by atoms with E-state index in [2.05, 4.69) is 20.9 Å². The van der Waals surface area contributed by atoms with Gasteiger partial charge in [-0.2, -0.15) is 4.31 Å². The number of ether oxygens (including phenoxy) is 2. The lowest BCUT2D eigenvalue weighted by Crippen LogP contribution is -2.43. The summed E-state index contributed by atoms with van der Waals surface area (Å²) in [5.74, 6) is -0.540. The van der Waals surface area contributed by atoms with Crippen molar-refractivity contribution in [3.8, 4) is 0 Å². The number of urea groups is 1. The third kappa shape index (κ3) is 7.03. The zero-order valence-electron chi connectivity index (χ0n) is 19.0. The lowest BCUT2D eigenvalue weighted by atomic mass is 10.2. The van der Waals surface area contributed by atoms with Crippen LogP contribution in [-0.4, -0.2) is 90.9 Å². The van der Waals surface area contributed by atoms with Crippen molar-refractivity contribution < 1.29 is 27.5 Å². The number of benzene rings is 1. The standard InChI is InChI=1S/C21H33N5O6S/c1-31-12-7-22-21(28)24-20(27)16-23-18-15-17(33(29,30)26-8-3-2-4-9-26)5-6-19(18)25-10-13-32-14-11-25/h5-6,15,23H,2-4,7-14,16H2,1H3,(H2,22,24,27,28). The minimum absolute atomic E-state index is 0.182. The summed E-state index contributed by atoms with van der Waals surface area (Å²) >= 11 is 0. The molecule has 1 aromatic carbocycles. The smallest absolute Gasteiger partial charge is 0.321 e. The molecule has 1 aromatic rings. The summed E-state index contributed by atoms with van der Waals surface area (Å²) in [6.07, 6.45) is 2.73. The molecule has 0 bridgehead atoms. The van der Waals surface area contributed by atoms with Crippen molar-refractivity contribution in [1.82, 2.24) is 14.9 Å². The number of nitrogens with one attached hydrogen (secondary N) is 3. The van der Waals surface area contributed by atoms with Crippen LogP contribution in [0.15, 0.2) is 23.1 Å². The molecule has 2 aliphatic rings. The molecule has 33 heavy (non-hydrogen) atoms. The number of piperidine rings is 1. The van der Waals surface area contributed by atoms with E-state index in [1.807, 2.05) is 0 Å². The topological polar surface area (TPSA) is 129 Å². The number of carbonyl (C=O) groups is 2. The number of hydrogen-bond donors (Lipinski definition) is 3. The van der Waals surface area contributed by atoms with E-state index < -0.39 is 22.0 Å². The van der Waals surface area contributed by atoms with Gasteiger partial charge >= 0.3 is 6.03 Å². The van der Waals surface area contributed by atoms with Gasteiger partial charge in [0.2, 0.25) is 15.9 Å². The molecule has 3 rings (SSSR count). The highest BCUT2D eigenvalue weighted by molar-refractivity contribution is 7.89. The Morgan fingerprint density at radius 3 is 2.52 bits per heavy atom. The molecule has 0 spiro atoms. The maximum Gasteiger partial charge on any atom is 0.321 e. The molecule has 3 N–H and O–H groups in total. The zero-order chi connectivity index (χ0) is 23.7. The molecular weight excluding hydrogens is 450 g/mol. The monoisotopic (exact) mass is 483 g/mol. The van der Waals surface area contributed by atoms with E-state index in [0.717, 1.165) is 24.9 Å². The minimum atomic E-state index is -3.63. The fraction of sp³-hybridized carbons (Fsp3) is 0.619. The van der Waals surface area contributed by atoms with E-state index in [-0.39, 0.29) is 18.0 Å². The average molecular weight is 484 g/mol. The van der Waals surface area contributed by atoms with Crippen LogP contribution in [0.4, 0.5) is 16.2 Å². The lowest BCUT2D eigenvalue weighted by molar-refractivity contribution is -0.118. The minimum Gasteiger partial charge on any atom is -0.383 e. The number of anilines is 2. The third-order valence-corrected chi connectivity index (χ3v) is 7.45. The van der Waals surface area contributed by atoms with Gasteiger partial charge in [0.25, 0.3) is 0 Å². The molecule has 0 atom stereocenters. The SMILES string of the molecule is COCCNC(=O)NC(=O)CNc1cc(S(=O)(=O)N2CCCCC2)ccc1N1CCOCC1. The second-order valence-corrected chi connectivity index (χ2v) is 9.83. The summed E-state index contributed by atoms with van der Waals surface area (Å²) in [4.78, 5) is 26.3. The van der Waals surface area contributed by atoms with E-state index in [1.54, 1.807) is 18.2 Å². The molecule has 0 aliphatic carbocycles. The summed E-state index contributed by atoms with van der Waals surface area (Å²) in [5.41, 5.74) is 1.30. The Bertz CT molecular complexity index is 914. The molecule has 184 valence electrons. The first kappa shape index (κ1) is 25.2. The molecule has 2 heterocycles. The summed E-state index contributed by atoms with van der Waals surface area (Å²) in [6, 6.07) is 4.33. The predicted octanol–water partition coefficient (Wildman–Crippen LogP) is 0.582. The van der Waals surface area contributed by atoms with Gasteiger partial charge in [-0.3, -0.25) is 10.1 Å². The summed E-state index contributed by atoms with van der Waals surface area (Å²) in [5, 5.41) is 7.76. The van der Waals surface area contributed by atoms with Crippen LogP contribution in [0.5, 0.6) is 0 Å². The van der Waals surface area contributed by atoms with Crippen LogP contribution in [0.3, 0.4) is 0 Å². The average Bonchev–Trinajstić information content (AvgIpc) is 2.84. The van der Waals surface area contributed by atoms with Crippen LogP contribution >= 0.6 is 0 Å². The van der Waals surface area contributed by atoms with Crippen LogP contribution in [0.25, 0.3) is 0 Å². The molecule has 3 amide bonds. The van der Waals surface area contributed by atoms with Gasteiger partial charge in [-0.25, -0.2) is 13.2 Å². The van der Waals surface area contributed by atoms with Crippen molar-refractivity contribution in [2.75, 3.05) is 76.4 Å². The predicted molar refractivity (Wildman–Crippen MR) is 124 cm³/mol.